The van der Waals surface area contributed by atoms with Gasteiger partial charge in [-0.3, -0.25) is 4.79 Å². The van der Waals surface area contributed by atoms with Crippen molar-refractivity contribution < 1.29 is 4.79 Å². The second-order valence-corrected chi connectivity index (χ2v) is 5.57. The highest BCUT2D eigenvalue weighted by Gasteiger charge is 2.28. The van der Waals surface area contributed by atoms with E-state index in [-0.39, 0.29) is 5.91 Å². The number of nitrogens with zero attached hydrogens (tertiary/aromatic N) is 2. The first-order chi connectivity index (χ1) is 8.41. The van der Waals surface area contributed by atoms with Crippen molar-refractivity contribution in [3.8, 4) is 0 Å². The Kier molecular flexibility index (Phi) is 3.64. The summed E-state index contributed by atoms with van der Waals surface area (Å²) in [5.74, 6) is 0.115. The minimum absolute atomic E-state index is 0.115. The second kappa shape index (κ2) is 4.90. The van der Waals surface area contributed by atoms with Crippen LogP contribution in [0.1, 0.15) is 16.7 Å². The number of amides is 1. The summed E-state index contributed by atoms with van der Waals surface area (Å²) in [5, 5.41) is 0.692. The van der Waals surface area contributed by atoms with E-state index in [2.05, 4.69) is 13.8 Å². The van der Waals surface area contributed by atoms with E-state index >= 15 is 0 Å². The average Bonchev–Trinajstić information content (AvgIpc) is 2.70. The number of aryl methyl sites for hydroxylation is 1. The summed E-state index contributed by atoms with van der Waals surface area (Å²) in [6.07, 6.45) is 0.904. The molecule has 1 aliphatic rings. The summed E-state index contributed by atoms with van der Waals surface area (Å²) in [6.45, 7) is 5.32. The van der Waals surface area contributed by atoms with Crippen LogP contribution < -0.4 is 4.90 Å². The van der Waals surface area contributed by atoms with Crippen LogP contribution in [0.15, 0.2) is 6.07 Å². The van der Waals surface area contributed by atoms with Gasteiger partial charge < -0.3 is 9.80 Å². The number of carbonyl (C=O) groups excluding carboxylic acids is 1. The molecule has 0 atom stereocenters. The molecule has 0 spiro atoms. The molecule has 0 saturated heterocycles. The van der Waals surface area contributed by atoms with Gasteiger partial charge in [-0.25, -0.2) is 0 Å². The number of carbonyl (C=O) groups is 1. The van der Waals surface area contributed by atoms with Crippen LogP contribution in [-0.2, 0) is 11.2 Å². The number of hydrogen-bond donors (Lipinski definition) is 0. The molecule has 1 aromatic rings. The zero-order valence-corrected chi connectivity index (χ0v) is 12.1. The van der Waals surface area contributed by atoms with Crippen LogP contribution in [0.4, 0.5) is 5.69 Å². The average molecular weight is 267 g/mol. The molecular weight excluding hydrogens is 248 g/mol. The molecule has 3 nitrogen and oxygen atoms in total. The third-order valence-corrected chi connectivity index (χ3v) is 3.80. The molecule has 2 rings (SSSR count). The van der Waals surface area contributed by atoms with Gasteiger partial charge in [0.05, 0.1) is 17.3 Å². The van der Waals surface area contributed by atoms with E-state index in [9.17, 15) is 4.79 Å². The lowest BCUT2D eigenvalue weighted by Crippen LogP contribution is -2.36. The standard InChI is InChI=1S/C14H19ClN2O/c1-9-7-12(15)14-11(10(9)2)5-6-17(14)13(18)8-16(3)4/h7H,5-6,8H2,1-4H3. The Morgan fingerprint density at radius 2 is 2.11 bits per heavy atom. The van der Waals surface area contributed by atoms with Crippen molar-refractivity contribution in [1.29, 1.82) is 0 Å². The summed E-state index contributed by atoms with van der Waals surface area (Å²) in [4.78, 5) is 15.9. The van der Waals surface area contributed by atoms with Crippen molar-refractivity contribution in [2.24, 2.45) is 0 Å². The lowest BCUT2D eigenvalue weighted by Gasteiger charge is -2.21. The Bertz CT molecular complexity index is 497. The lowest BCUT2D eigenvalue weighted by molar-refractivity contribution is -0.119. The monoisotopic (exact) mass is 266 g/mol. The number of benzene rings is 1. The summed E-state index contributed by atoms with van der Waals surface area (Å²) in [6, 6.07) is 1.96. The molecule has 0 saturated carbocycles. The highest BCUT2D eigenvalue weighted by Crippen LogP contribution is 2.38. The maximum absolute atomic E-state index is 12.2. The van der Waals surface area contributed by atoms with Crippen molar-refractivity contribution in [2.45, 2.75) is 20.3 Å². The van der Waals surface area contributed by atoms with Gasteiger partial charge in [0.15, 0.2) is 0 Å². The number of anilines is 1. The van der Waals surface area contributed by atoms with Gasteiger partial charge in [0.25, 0.3) is 0 Å². The first kappa shape index (κ1) is 13.4. The predicted molar refractivity (Wildman–Crippen MR) is 75.5 cm³/mol. The minimum atomic E-state index is 0.115. The van der Waals surface area contributed by atoms with Crippen LogP contribution in [0.5, 0.6) is 0 Å². The summed E-state index contributed by atoms with van der Waals surface area (Å²) >= 11 is 6.31. The van der Waals surface area contributed by atoms with Crippen molar-refractivity contribution in [3.05, 3.63) is 27.8 Å². The maximum atomic E-state index is 12.2. The molecule has 1 amide bonds. The lowest BCUT2D eigenvalue weighted by atomic mass is 10.0. The van der Waals surface area contributed by atoms with Crippen LogP contribution in [0, 0.1) is 13.8 Å². The Hall–Kier alpha value is -1.06. The molecule has 18 heavy (non-hydrogen) atoms. The third kappa shape index (κ3) is 2.25. The maximum Gasteiger partial charge on any atom is 0.241 e. The topological polar surface area (TPSA) is 23.6 Å². The molecule has 0 radical (unpaired) electrons. The first-order valence-corrected chi connectivity index (χ1v) is 6.53. The van der Waals surface area contributed by atoms with E-state index in [4.69, 9.17) is 11.6 Å². The molecule has 98 valence electrons. The van der Waals surface area contributed by atoms with Crippen molar-refractivity contribution in [1.82, 2.24) is 4.90 Å². The van der Waals surface area contributed by atoms with E-state index in [1.165, 1.54) is 16.7 Å². The SMILES string of the molecule is Cc1cc(Cl)c2c(c1C)CCN2C(=O)CN(C)C. The number of fused-ring (bicyclic) bond motifs is 1. The van der Waals surface area contributed by atoms with Gasteiger partial charge in [-0.05, 0) is 57.1 Å². The van der Waals surface area contributed by atoms with Gasteiger partial charge in [0, 0.05) is 6.54 Å². The Morgan fingerprint density at radius 3 is 2.72 bits per heavy atom. The molecule has 1 heterocycles. The molecule has 0 fully saturated rings. The molecule has 0 N–H and O–H groups in total. The van der Waals surface area contributed by atoms with E-state index in [0.717, 1.165) is 18.7 Å². The Balaban J connectivity index is 2.39. The Labute approximate surface area is 113 Å². The van der Waals surface area contributed by atoms with Gasteiger partial charge in [0.1, 0.15) is 0 Å². The van der Waals surface area contributed by atoms with Crippen LogP contribution in [0.25, 0.3) is 0 Å². The van der Waals surface area contributed by atoms with E-state index in [1.807, 2.05) is 30.0 Å². The fourth-order valence-corrected chi connectivity index (χ4v) is 2.84. The smallest absolute Gasteiger partial charge is 0.241 e. The number of hydrogen-bond acceptors (Lipinski definition) is 2. The normalized spacial score (nSPS) is 14.2. The van der Waals surface area contributed by atoms with Gasteiger partial charge in [-0.1, -0.05) is 11.6 Å². The summed E-state index contributed by atoms with van der Waals surface area (Å²) in [5.41, 5.74) is 4.61. The zero-order chi connectivity index (χ0) is 13.4. The van der Waals surface area contributed by atoms with Crippen LogP contribution in [0.3, 0.4) is 0 Å². The third-order valence-electron chi connectivity index (χ3n) is 3.51. The number of rotatable bonds is 2. The number of likely N-dealkylation sites (N-methyl/N-ethyl adjacent to an activating group) is 1. The van der Waals surface area contributed by atoms with Crippen molar-refractivity contribution in [2.75, 3.05) is 32.1 Å². The predicted octanol–water partition coefficient (Wildman–Crippen LogP) is 2.41. The second-order valence-electron chi connectivity index (χ2n) is 5.16. The summed E-state index contributed by atoms with van der Waals surface area (Å²) in [7, 11) is 3.80. The van der Waals surface area contributed by atoms with Crippen molar-refractivity contribution in [3.63, 3.8) is 0 Å². The first-order valence-electron chi connectivity index (χ1n) is 6.15. The van der Waals surface area contributed by atoms with E-state index < -0.39 is 0 Å². The van der Waals surface area contributed by atoms with Crippen LogP contribution in [0.2, 0.25) is 5.02 Å². The van der Waals surface area contributed by atoms with Gasteiger partial charge in [-0.15, -0.1) is 0 Å². The van der Waals surface area contributed by atoms with Crippen LogP contribution >= 0.6 is 11.6 Å². The van der Waals surface area contributed by atoms with Gasteiger partial charge in [0.2, 0.25) is 5.91 Å². The highest BCUT2D eigenvalue weighted by atomic mass is 35.5. The minimum Gasteiger partial charge on any atom is -0.309 e. The molecule has 0 unspecified atom stereocenters. The Morgan fingerprint density at radius 1 is 1.44 bits per heavy atom. The fourth-order valence-electron chi connectivity index (χ4n) is 2.46. The van der Waals surface area contributed by atoms with E-state index in [1.54, 1.807) is 0 Å². The van der Waals surface area contributed by atoms with Crippen molar-refractivity contribution >= 4 is 23.2 Å². The molecule has 1 aliphatic heterocycles. The number of halogens is 1. The molecule has 0 bridgehead atoms. The van der Waals surface area contributed by atoms with Gasteiger partial charge in [-0.2, -0.15) is 0 Å². The van der Waals surface area contributed by atoms with E-state index in [0.29, 0.717) is 11.6 Å². The molecular formula is C14H19ClN2O. The van der Waals surface area contributed by atoms with Crippen LogP contribution in [-0.4, -0.2) is 38.0 Å². The quantitative estimate of drug-likeness (QED) is 0.821. The summed E-state index contributed by atoms with van der Waals surface area (Å²) < 4.78 is 0. The molecule has 0 aromatic heterocycles. The molecule has 4 heteroatoms. The largest absolute Gasteiger partial charge is 0.309 e. The fraction of sp³-hybridized carbons (Fsp3) is 0.500. The van der Waals surface area contributed by atoms with Gasteiger partial charge >= 0.3 is 0 Å². The molecule has 0 aliphatic carbocycles. The highest BCUT2D eigenvalue weighted by molar-refractivity contribution is 6.34. The zero-order valence-electron chi connectivity index (χ0n) is 11.4. The molecule has 1 aromatic carbocycles.